The summed E-state index contributed by atoms with van der Waals surface area (Å²) in [6.07, 6.45) is 2.94. The number of hydrogen-bond acceptors (Lipinski definition) is 2. The summed E-state index contributed by atoms with van der Waals surface area (Å²) >= 11 is 1.62. The highest BCUT2D eigenvalue weighted by Crippen LogP contribution is 2.29. The number of aryl methyl sites for hydroxylation is 2. The second kappa shape index (κ2) is 4.69. The van der Waals surface area contributed by atoms with Gasteiger partial charge in [-0.25, -0.2) is 0 Å². The second-order valence-electron chi connectivity index (χ2n) is 4.98. The molecule has 0 N–H and O–H groups in total. The first kappa shape index (κ1) is 11.7. The van der Waals surface area contributed by atoms with E-state index < -0.39 is 0 Å². The summed E-state index contributed by atoms with van der Waals surface area (Å²) in [5, 5.41) is 0. The Kier molecular flexibility index (Phi) is 3.04. The van der Waals surface area contributed by atoms with Crippen molar-refractivity contribution in [3.8, 4) is 0 Å². The van der Waals surface area contributed by atoms with E-state index >= 15 is 0 Å². The van der Waals surface area contributed by atoms with E-state index in [2.05, 4.69) is 31.2 Å². The van der Waals surface area contributed by atoms with Crippen LogP contribution in [0.25, 0.3) is 0 Å². The molecule has 1 atom stereocenters. The quantitative estimate of drug-likeness (QED) is 0.741. The number of carbonyl (C=O) groups is 1. The maximum Gasteiger partial charge on any atom is 0.176 e. The van der Waals surface area contributed by atoms with Gasteiger partial charge in [0.2, 0.25) is 0 Å². The van der Waals surface area contributed by atoms with Gasteiger partial charge in [-0.15, -0.1) is 11.3 Å². The molecular formula is C16H16OS. The Labute approximate surface area is 111 Å². The summed E-state index contributed by atoms with van der Waals surface area (Å²) < 4.78 is 0. The standard InChI is InChI=1S/C16H16OS/c1-11-6-9-15(18-11)16(17)14-8-7-12-4-2-3-5-13(12)10-14/h2-6,9,14H,7-8,10H2,1H3. The average molecular weight is 256 g/mol. The summed E-state index contributed by atoms with van der Waals surface area (Å²) in [5.41, 5.74) is 2.78. The lowest BCUT2D eigenvalue weighted by Gasteiger charge is -2.23. The lowest BCUT2D eigenvalue weighted by atomic mass is 9.81. The van der Waals surface area contributed by atoms with Crippen molar-refractivity contribution in [1.29, 1.82) is 0 Å². The van der Waals surface area contributed by atoms with E-state index in [-0.39, 0.29) is 5.92 Å². The molecule has 18 heavy (non-hydrogen) atoms. The van der Waals surface area contributed by atoms with Crippen molar-refractivity contribution in [3.05, 3.63) is 57.3 Å². The van der Waals surface area contributed by atoms with E-state index in [1.54, 1.807) is 11.3 Å². The van der Waals surface area contributed by atoms with Gasteiger partial charge in [0, 0.05) is 10.8 Å². The van der Waals surface area contributed by atoms with E-state index in [0.717, 1.165) is 24.1 Å². The van der Waals surface area contributed by atoms with Gasteiger partial charge in [-0.3, -0.25) is 4.79 Å². The summed E-state index contributed by atoms with van der Waals surface area (Å²) in [5.74, 6) is 0.514. The maximum absolute atomic E-state index is 12.4. The third-order valence-corrected chi connectivity index (χ3v) is 4.72. The first-order valence-corrected chi connectivity index (χ1v) is 7.23. The molecule has 92 valence electrons. The molecule has 1 aromatic carbocycles. The second-order valence-corrected chi connectivity index (χ2v) is 6.27. The molecule has 0 fully saturated rings. The van der Waals surface area contributed by atoms with Gasteiger partial charge in [0.15, 0.2) is 5.78 Å². The lowest BCUT2D eigenvalue weighted by Crippen LogP contribution is -2.22. The Bertz CT molecular complexity index is 582. The van der Waals surface area contributed by atoms with Crippen LogP contribution in [0.5, 0.6) is 0 Å². The molecule has 1 heterocycles. The normalized spacial score (nSPS) is 18.4. The van der Waals surface area contributed by atoms with E-state index in [0.29, 0.717) is 5.78 Å². The minimum atomic E-state index is 0.179. The van der Waals surface area contributed by atoms with Gasteiger partial charge in [-0.1, -0.05) is 24.3 Å². The number of ketones is 1. The Hall–Kier alpha value is -1.41. The molecule has 1 nitrogen and oxygen atoms in total. The highest BCUT2D eigenvalue weighted by Gasteiger charge is 2.25. The zero-order chi connectivity index (χ0) is 12.5. The molecule has 0 saturated carbocycles. The molecule has 2 heteroatoms. The van der Waals surface area contributed by atoms with Crippen molar-refractivity contribution in [1.82, 2.24) is 0 Å². The molecule has 1 aliphatic carbocycles. The van der Waals surface area contributed by atoms with Crippen LogP contribution in [0.15, 0.2) is 36.4 Å². The van der Waals surface area contributed by atoms with Crippen LogP contribution in [0.2, 0.25) is 0 Å². The molecule has 0 radical (unpaired) electrons. The minimum absolute atomic E-state index is 0.179. The van der Waals surface area contributed by atoms with Crippen LogP contribution in [0.1, 0.15) is 32.1 Å². The molecule has 0 amide bonds. The number of thiophene rings is 1. The summed E-state index contributed by atoms with van der Waals surface area (Å²) in [6.45, 7) is 2.05. The Balaban J connectivity index is 1.82. The van der Waals surface area contributed by atoms with Gasteiger partial charge in [0.05, 0.1) is 4.88 Å². The molecular weight excluding hydrogens is 240 g/mol. The maximum atomic E-state index is 12.4. The predicted molar refractivity (Wildman–Crippen MR) is 75.3 cm³/mol. The number of Topliss-reactive ketones (excluding diaryl/α,β-unsaturated/α-hetero) is 1. The number of fused-ring (bicyclic) bond motifs is 1. The van der Waals surface area contributed by atoms with Gasteiger partial charge in [-0.05, 0) is 49.4 Å². The molecule has 2 aromatic rings. The topological polar surface area (TPSA) is 17.1 Å². The first-order chi connectivity index (χ1) is 8.74. The van der Waals surface area contributed by atoms with E-state index in [1.165, 1.54) is 16.0 Å². The zero-order valence-corrected chi connectivity index (χ0v) is 11.3. The van der Waals surface area contributed by atoms with Crippen molar-refractivity contribution in [2.24, 2.45) is 5.92 Å². The van der Waals surface area contributed by atoms with Crippen molar-refractivity contribution in [2.75, 3.05) is 0 Å². The average Bonchev–Trinajstić information content (AvgIpc) is 2.84. The Morgan fingerprint density at radius 2 is 1.94 bits per heavy atom. The van der Waals surface area contributed by atoms with E-state index in [9.17, 15) is 4.79 Å². The monoisotopic (exact) mass is 256 g/mol. The molecule has 3 rings (SSSR count). The van der Waals surface area contributed by atoms with Crippen molar-refractivity contribution in [3.63, 3.8) is 0 Å². The molecule has 0 aliphatic heterocycles. The number of hydrogen-bond donors (Lipinski definition) is 0. The Morgan fingerprint density at radius 1 is 1.17 bits per heavy atom. The molecule has 1 aliphatic rings. The van der Waals surface area contributed by atoms with Crippen LogP contribution in [0, 0.1) is 12.8 Å². The SMILES string of the molecule is Cc1ccc(C(=O)C2CCc3ccccc3C2)s1. The minimum Gasteiger partial charge on any atom is -0.293 e. The fraction of sp³-hybridized carbons (Fsp3) is 0.312. The first-order valence-electron chi connectivity index (χ1n) is 6.41. The summed E-state index contributed by atoms with van der Waals surface area (Å²) in [7, 11) is 0. The largest absolute Gasteiger partial charge is 0.293 e. The van der Waals surface area contributed by atoms with Crippen molar-refractivity contribution >= 4 is 17.1 Å². The fourth-order valence-electron chi connectivity index (χ4n) is 2.69. The summed E-state index contributed by atoms with van der Waals surface area (Å²) in [4.78, 5) is 14.6. The van der Waals surface area contributed by atoms with Crippen LogP contribution in [0.4, 0.5) is 0 Å². The van der Waals surface area contributed by atoms with Crippen LogP contribution >= 0.6 is 11.3 Å². The van der Waals surface area contributed by atoms with Gasteiger partial charge in [0.25, 0.3) is 0 Å². The molecule has 0 spiro atoms. The fourth-order valence-corrected chi connectivity index (χ4v) is 3.58. The third kappa shape index (κ3) is 2.13. The van der Waals surface area contributed by atoms with Crippen LogP contribution in [-0.4, -0.2) is 5.78 Å². The van der Waals surface area contributed by atoms with Crippen LogP contribution in [-0.2, 0) is 12.8 Å². The molecule has 1 aromatic heterocycles. The van der Waals surface area contributed by atoms with Crippen LogP contribution < -0.4 is 0 Å². The highest BCUT2D eigenvalue weighted by molar-refractivity contribution is 7.14. The third-order valence-electron chi connectivity index (χ3n) is 3.70. The number of rotatable bonds is 2. The van der Waals surface area contributed by atoms with Gasteiger partial charge < -0.3 is 0 Å². The Morgan fingerprint density at radius 3 is 2.67 bits per heavy atom. The van der Waals surface area contributed by atoms with Gasteiger partial charge in [0.1, 0.15) is 0 Å². The van der Waals surface area contributed by atoms with Crippen LogP contribution in [0.3, 0.4) is 0 Å². The summed E-state index contributed by atoms with van der Waals surface area (Å²) in [6, 6.07) is 12.5. The number of benzene rings is 1. The zero-order valence-electron chi connectivity index (χ0n) is 10.5. The molecule has 0 saturated heterocycles. The lowest BCUT2D eigenvalue weighted by molar-refractivity contribution is 0.0913. The van der Waals surface area contributed by atoms with Gasteiger partial charge >= 0.3 is 0 Å². The van der Waals surface area contributed by atoms with E-state index in [4.69, 9.17) is 0 Å². The smallest absolute Gasteiger partial charge is 0.176 e. The van der Waals surface area contributed by atoms with E-state index in [1.807, 2.05) is 12.1 Å². The molecule has 1 unspecified atom stereocenters. The predicted octanol–water partition coefficient (Wildman–Crippen LogP) is 4.04. The number of carbonyl (C=O) groups excluding carboxylic acids is 1. The van der Waals surface area contributed by atoms with Crippen molar-refractivity contribution < 1.29 is 4.79 Å². The molecule has 0 bridgehead atoms. The highest BCUT2D eigenvalue weighted by atomic mass is 32.1. The van der Waals surface area contributed by atoms with Crippen molar-refractivity contribution in [2.45, 2.75) is 26.2 Å². The van der Waals surface area contributed by atoms with Gasteiger partial charge in [-0.2, -0.15) is 0 Å².